The van der Waals surface area contributed by atoms with Gasteiger partial charge in [0.25, 0.3) is 5.91 Å². The molecule has 1 unspecified atom stereocenters. The van der Waals surface area contributed by atoms with Gasteiger partial charge in [-0.15, -0.1) is 0 Å². The molecule has 0 radical (unpaired) electrons. The van der Waals surface area contributed by atoms with Gasteiger partial charge >= 0.3 is 0 Å². The van der Waals surface area contributed by atoms with Gasteiger partial charge in [0.05, 0.1) is 12.3 Å². The summed E-state index contributed by atoms with van der Waals surface area (Å²) in [5.41, 5.74) is 1.24. The highest BCUT2D eigenvalue weighted by atomic mass is 16.3. The van der Waals surface area contributed by atoms with Gasteiger partial charge in [0.15, 0.2) is 0 Å². The van der Waals surface area contributed by atoms with Crippen LogP contribution in [-0.4, -0.2) is 10.9 Å². The van der Waals surface area contributed by atoms with E-state index in [-0.39, 0.29) is 11.9 Å². The van der Waals surface area contributed by atoms with Crippen molar-refractivity contribution < 1.29 is 9.21 Å². The van der Waals surface area contributed by atoms with Crippen molar-refractivity contribution >= 4 is 5.91 Å². The van der Waals surface area contributed by atoms with Crippen LogP contribution in [-0.2, 0) is 0 Å². The molecule has 88 valence electrons. The van der Waals surface area contributed by atoms with Gasteiger partial charge in [-0.05, 0) is 38.1 Å². The number of aryl methyl sites for hydroxylation is 1. The molecule has 2 heterocycles. The first-order valence-electron chi connectivity index (χ1n) is 5.45. The van der Waals surface area contributed by atoms with E-state index in [0.29, 0.717) is 5.69 Å². The van der Waals surface area contributed by atoms with Crippen LogP contribution in [0, 0.1) is 6.92 Å². The highest BCUT2D eigenvalue weighted by Gasteiger charge is 2.13. The Bertz CT molecular complexity index is 506. The molecule has 0 saturated carbocycles. The molecule has 0 fully saturated rings. The summed E-state index contributed by atoms with van der Waals surface area (Å²) in [5, 5.41) is 2.83. The normalized spacial score (nSPS) is 12.1. The molecule has 2 aromatic heterocycles. The van der Waals surface area contributed by atoms with E-state index in [0.717, 1.165) is 11.5 Å². The molecular formula is C13H14N2O2. The van der Waals surface area contributed by atoms with Crippen molar-refractivity contribution in [3.05, 3.63) is 53.7 Å². The van der Waals surface area contributed by atoms with Gasteiger partial charge in [-0.3, -0.25) is 4.79 Å². The number of carbonyl (C=O) groups is 1. The maximum Gasteiger partial charge on any atom is 0.270 e. The van der Waals surface area contributed by atoms with Crippen LogP contribution in [0.25, 0.3) is 0 Å². The molecular weight excluding hydrogens is 216 g/mol. The Morgan fingerprint density at radius 3 is 2.82 bits per heavy atom. The maximum atomic E-state index is 11.9. The van der Waals surface area contributed by atoms with E-state index < -0.39 is 0 Å². The minimum absolute atomic E-state index is 0.167. The van der Waals surface area contributed by atoms with E-state index in [2.05, 4.69) is 10.3 Å². The summed E-state index contributed by atoms with van der Waals surface area (Å²) in [7, 11) is 0. The number of nitrogens with zero attached hydrogens (tertiary/aromatic N) is 1. The molecule has 17 heavy (non-hydrogen) atoms. The lowest BCUT2D eigenvalue weighted by Gasteiger charge is -2.10. The maximum absolute atomic E-state index is 11.9. The fraction of sp³-hybridized carbons (Fsp3) is 0.231. The summed E-state index contributed by atoms with van der Waals surface area (Å²) in [6.07, 6.45) is 1.59. The van der Waals surface area contributed by atoms with Crippen molar-refractivity contribution in [2.24, 2.45) is 0 Å². The van der Waals surface area contributed by atoms with Crippen LogP contribution in [0.15, 0.2) is 41.0 Å². The molecule has 0 aromatic carbocycles. The molecule has 0 aliphatic carbocycles. The highest BCUT2D eigenvalue weighted by Crippen LogP contribution is 2.12. The molecule has 0 saturated heterocycles. The number of hydrogen-bond donors (Lipinski definition) is 1. The first-order valence-corrected chi connectivity index (χ1v) is 5.45. The number of hydrogen-bond acceptors (Lipinski definition) is 3. The SMILES string of the molecule is Cc1cccc(C(=O)NC(C)c2ccco2)n1. The molecule has 0 spiro atoms. The molecule has 4 nitrogen and oxygen atoms in total. The Morgan fingerprint density at radius 1 is 1.35 bits per heavy atom. The molecule has 0 bridgehead atoms. The third kappa shape index (κ3) is 2.72. The van der Waals surface area contributed by atoms with Crippen LogP contribution in [0.2, 0.25) is 0 Å². The fourth-order valence-electron chi connectivity index (χ4n) is 1.55. The largest absolute Gasteiger partial charge is 0.467 e. The Labute approximate surface area is 99.7 Å². The monoisotopic (exact) mass is 230 g/mol. The minimum Gasteiger partial charge on any atom is -0.467 e. The van der Waals surface area contributed by atoms with E-state index >= 15 is 0 Å². The van der Waals surface area contributed by atoms with Crippen LogP contribution in [0.5, 0.6) is 0 Å². The van der Waals surface area contributed by atoms with Gasteiger partial charge in [0.1, 0.15) is 11.5 Å². The molecule has 1 atom stereocenters. The zero-order valence-electron chi connectivity index (χ0n) is 9.81. The quantitative estimate of drug-likeness (QED) is 0.881. The number of pyridine rings is 1. The molecule has 1 amide bonds. The number of amides is 1. The zero-order chi connectivity index (χ0) is 12.3. The minimum atomic E-state index is -0.197. The van der Waals surface area contributed by atoms with Gasteiger partial charge in [-0.2, -0.15) is 0 Å². The zero-order valence-corrected chi connectivity index (χ0v) is 9.81. The van der Waals surface area contributed by atoms with Crippen LogP contribution in [0.1, 0.15) is 34.9 Å². The van der Waals surface area contributed by atoms with Crippen LogP contribution in [0.3, 0.4) is 0 Å². The van der Waals surface area contributed by atoms with Gasteiger partial charge in [-0.25, -0.2) is 4.98 Å². The molecule has 2 rings (SSSR count). The number of carbonyl (C=O) groups excluding carboxylic acids is 1. The predicted molar refractivity (Wildman–Crippen MR) is 63.6 cm³/mol. The Morgan fingerprint density at radius 2 is 2.18 bits per heavy atom. The van der Waals surface area contributed by atoms with Crippen molar-refractivity contribution in [2.45, 2.75) is 19.9 Å². The van der Waals surface area contributed by atoms with Crippen LogP contribution < -0.4 is 5.32 Å². The Hall–Kier alpha value is -2.10. The van der Waals surface area contributed by atoms with Crippen molar-refractivity contribution in [2.75, 3.05) is 0 Å². The van der Waals surface area contributed by atoms with Crippen molar-refractivity contribution in [1.82, 2.24) is 10.3 Å². The average Bonchev–Trinajstić information content (AvgIpc) is 2.82. The van der Waals surface area contributed by atoms with Crippen molar-refractivity contribution in [1.29, 1.82) is 0 Å². The van der Waals surface area contributed by atoms with Gasteiger partial charge < -0.3 is 9.73 Å². The lowest BCUT2D eigenvalue weighted by Crippen LogP contribution is -2.27. The van der Waals surface area contributed by atoms with E-state index in [4.69, 9.17) is 4.42 Å². The molecule has 0 aliphatic rings. The lowest BCUT2D eigenvalue weighted by molar-refractivity contribution is 0.0930. The van der Waals surface area contributed by atoms with Gasteiger partial charge in [0.2, 0.25) is 0 Å². The summed E-state index contributed by atoms with van der Waals surface area (Å²) in [6, 6.07) is 8.82. The van der Waals surface area contributed by atoms with Crippen molar-refractivity contribution in [3.63, 3.8) is 0 Å². The van der Waals surface area contributed by atoms with E-state index in [1.165, 1.54) is 0 Å². The molecule has 4 heteroatoms. The van der Waals surface area contributed by atoms with Crippen molar-refractivity contribution in [3.8, 4) is 0 Å². The Kier molecular flexibility index (Phi) is 3.23. The average molecular weight is 230 g/mol. The summed E-state index contributed by atoms with van der Waals surface area (Å²) in [6.45, 7) is 3.72. The third-order valence-electron chi connectivity index (χ3n) is 2.44. The number of nitrogens with one attached hydrogen (secondary N) is 1. The molecule has 0 aliphatic heterocycles. The number of aromatic nitrogens is 1. The lowest BCUT2D eigenvalue weighted by atomic mass is 10.2. The summed E-state index contributed by atoms with van der Waals surface area (Å²) < 4.78 is 5.22. The summed E-state index contributed by atoms with van der Waals surface area (Å²) >= 11 is 0. The fourth-order valence-corrected chi connectivity index (χ4v) is 1.55. The van der Waals surface area contributed by atoms with Gasteiger partial charge in [0, 0.05) is 5.69 Å². The summed E-state index contributed by atoms with van der Waals surface area (Å²) in [5.74, 6) is 0.531. The highest BCUT2D eigenvalue weighted by molar-refractivity contribution is 5.92. The van der Waals surface area contributed by atoms with Crippen LogP contribution in [0.4, 0.5) is 0 Å². The van der Waals surface area contributed by atoms with Gasteiger partial charge in [-0.1, -0.05) is 6.07 Å². The van der Waals surface area contributed by atoms with E-state index in [1.807, 2.05) is 32.0 Å². The Balaban J connectivity index is 2.07. The summed E-state index contributed by atoms with van der Waals surface area (Å²) in [4.78, 5) is 16.1. The van der Waals surface area contributed by atoms with Crippen LogP contribution >= 0.6 is 0 Å². The second-order valence-electron chi connectivity index (χ2n) is 3.87. The molecule has 2 aromatic rings. The van der Waals surface area contributed by atoms with E-state index in [1.54, 1.807) is 18.4 Å². The number of rotatable bonds is 3. The predicted octanol–water partition coefficient (Wildman–Crippen LogP) is 2.47. The third-order valence-corrected chi connectivity index (χ3v) is 2.44. The second kappa shape index (κ2) is 4.82. The second-order valence-corrected chi connectivity index (χ2v) is 3.87. The first-order chi connectivity index (χ1) is 8.16. The first kappa shape index (κ1) is 11.4. The molecule has 1 N–H and O–H groups in total. The number of furan rings is 1. The standard InChI is InChI=1S/C13H14N2O2/c1-9-5-3-6-11(14-9)13(16)15-10(2)12-7-4-8-17-12/h3-8,10H,1-2H3,(H,15,16). The van der Waals surface area contributed by atoms with E-state index in [9.17, 15) is 4.79 Å². The topological polar surface area (TPSA) is 55.1 Å². The smallest absolute Gasteiger partial charge is 0.270 e.